The predicted octanol–water partition coefficient (Wildman–Crippen LogP) is 1.60. The molecule has 2 rings (SSSR count). The Morgan fingerprint density at radius 1 is 1.33 bits per heavy atom. The molecular formula is C13H19N5. The van der Waals surface area contributed by atoms with Crippen LogP contribution in [0.3, 0.4) is 0 Å². The van der Waals surface area contributed by atoms with Gasteiger partial charge in [-0.3, -0.25) is 4.68 Å². The van der Waals surface area contributed by atoms with Crippen molar-refractivity contribution in [2.75, 3.05) is 23.0 Å². The van der Waals surface area contributed by atoms with Gasteiger partial charge in [0.1, 0.15) is 6.33 Å². The first-order valence-electron chi connectivity index (χ1n) is 6.07. The summed E-state index contributed by atoms with van der Waals surface area (Å²) in [5.74, 6) is 0. The number of rotatable bonds is 5. The largest absolute Gasteiger partial charge is 0.399 e. The highest BCUT2D eigenvalue weighted by atomic mass is 15.5. The van der Waals surface area contributed by atoms with Gasteiger partial charge in [-0.15, -0.1) is 0 Å². The Morgan fingerprint density at radius 2 is 2.17 bits per heavy atom. The van der Waals surface area contributed by atoms with Crippen molar-refractivity contribution in [1.82, 2.24) is 9.66 Å². The predicted molar refractivity (Wildman–Crippen MR) is 74.6 cm³/mol. The first-order chi connectivity index (χ1) is 8.70. The van der Waals surface area contributed by atoms with Gasteiger partial charge in [0, 0.05) is 30.3 Å². The number of hydrogen-bond acceptors (Lipinski definition) is 4. The quantitative estimate of drug-likeness (QED) is 0.785. The molecule has 0 amide bonds. The Hall–Kier alpha value is -2.17. The van der Waals surface area contributed by atoms with E-state index in [4.69, 9.17) is 11.5 Å². The van der Waals surface area contributed by atoms with Gasteiger partial charge in [-0.2, -0.15) is 0 Å². The van der Waals surface area contributed by atoms with Crippen molar-refractivity contribution < 1.29 is 0 Å². The highest BCUT2D eigenvalue weighted by Crippen LogP contribution is 2.17. The Bertz CT molecular complexity index is 492. The molecule has 0 aliphatic rings. The van der Waals surface area contributed by atoms with Crippen molar-refractivity contribution >= 4 is 11.4 Å². The number of aromatic nitrogens is 2. The summed E-state index contributed by atoms with van der Waals surface area (Å²) in [6.07, 6.45) is 6.54. The van der Waals surface area contributed by atoms with Gasteiger partial charge >= 0.3 is 0 Å². The van der Waals surface area contributed by atoms with E-state index in [1.54, 1.807) is 12.5 Å². The lowest BCUT2D eigenvalue weighted by Crippen LogP contribution is -2.33. The van der Waals surface area contributed by atoms with Crippen molar-refractivity contribution in [3.05, 3.63) is 42.5 Å². The molecule has 0 bridgehead atoms. The number of imidazole rings is 1. The number of anilines is 2. The first-order valence-corrected chi connectivity index (χ1v) is 6.07. The summed E-state index contributed by atoms with van der Waals surface area (Å²) < 4.78 is 1.98. The maximum atomic E-state index is 5.98. The Morgan fingerprint density at radius 3 is 2.83 bits per heavy atom. The number of benzene rings is 1. The van der Waals surface area contributed by atoms with Crippen molar-refractivity contribution in [2.24, 2.45) is 0 Å². The molecule has 1 aromatic carbocycles. The molecule has 0 spiro atoms. The number of nitrogen functional groups attached to an aromatic ring is 2. The molecule has 18 heavy (non-hydrogen) atoms. The molecule has 4 N–H and O–H groups in total. The number of hydrogen-bond donors (Lipinski definition) is 2. The zero-order valence-electron chi connectivity index (χ0n) is 10.6. The minimum Gasteiger partial charge on any atom is -0.399 e. The average molecular weight is 245 g/mol. The lowest BCUT2D eigenvalue weighted by molar-refractivity contribution is 0.572. The van der Waals surface area contributed by atoms with Gasteiger partial charge in [0.15, 0.2) is 0 Å². The second-order valence-corrected chi connectivity index (χ2v) is 4.29. The monoisotopic (exact) mass is 245 g/mol. The van der Waals surface area contributed by atoms with Crippen LogP contribution in [0.2, 0.25) is 0 Å². The average Bonchev–Trinajstić information content (AvgIpc) is 2.87. The van der Waals surface area contributed by atoms with Crippen LogP contribution in [0.15, 0.2) is 36.9 Å². The van der Waals surface area contributed by atoms with Gasteiger partial charge in [-0.1, -0.05) is 6.92 Å². The molecule has 5 nitrogen and oxygen atoms in total. The highest BCUT2D eigenvalue weighted by Gasteiger charge is 2.08. The zero-order chi connectivity index (χ0) is 13.0. The standard InChI is InChI=1S/C13H19N5/c1-2-6-17(18-7-5-16-10-18)9-11-8-12(14)3-4-13(11)15/h3-5,7-8,10H,2,6,9,14-15H2,1H3. The van der Waals surface area contributed by atoms with E-state index < -0.39 is 0 Å². The molecule has 0 unspecified atom stereocenters. The summed E-state index contributed by atoms with van der Waals surface area (Å²) in [7, 11) is 0. The van der Waals surface area contributed by atoms with Crippen molar-refractivity contribution in [2.45, 2.75) is 19.9 Å². The Balaban J connectivity index is 2.21. The molecule has 2 aromatic rings. The second-order valence-electron chi connectivity index (χ2n) is 4.29. The van der Waals surface area contributed by atoms with Crippen LogP contribution >= 0.6 is 0 Å². The minimum atomic E-state index is 0.723. The smallest absolute Gasteiger partial charge is 0.114 e. The summed E-state index contributed by atoms with van der Waals surface area (Å²) in [5.41, 5.74) is 14.3. The summed E-state index contributed by atoms with van der Waals surface area (Å²) in [4.78, 5) is 4.07. The Kier molecular flexibility index (Phi) is 3.72. The van der Waals surface area contributed by atoms with Crippen LogP contribution in [-0.4, -0.2) is 16.2 Å². The fourth-order valence-corrected chi connectivity index (χ4v) is 1.91. The lowest BCUT2D eigenvalue weighted by Gasteiger charge is -2.25. The van der Waals surface area contributed by atoms with Crippen LogP contribution in [0.4, 0.5) is 11.4 Å². The molecule has 0 saturated heterocycles. The van der Waals surface area contributed by atoms with E-state index in [1.165, 1.54) is 0 Å². The normalized spacial score (nSPS) is 10.5. The molecule has 1 heterocycles. The van der Waals surface area contributed by atoms with Crippen molar-refractivity contribution in [1.29, 1.82) is 0 Å². The molecule has 0 aliphatic carbocycles. The topological polar surface area (TPSA) is 73.1 Å². The van der Waals surface area contributed by atoms with E-state index in [0.717, 1.165) is 36.4 Å². The zero-order valence-corrected chi connectivity index (χ0v) is 10.6. The van der Waals surface area contributed by atoms with Gasteiger partial charge in [0.25, 0.3) is 0 Å². The van der Waals surface area contributed by atoms with Gasteiger partial charge in [-0.05, 0) is 30.2 Å². The maximum absolute atomic E-state index is 5.98. The highest BCUT2D eigenvalue weighted by molar-refractivity contribution is 5.55. The molecule has 1 aromatic heterocycles. The third-order valence-corrected chi connectivity index (χ3v) is 2.82. The molecule has 0 atom stereocenters. The van der Waals surface area contributed by atoms with Crippen LogP contribution in [0.5, 0.6) is 0 Å². The van der Waals surface area contributed by atoms with E-state index in [1.807, 2.05) is 29.1 Å². The Labute approximate surface area is 107 Å². The van der Waals surface area contributed by atoms with Crippen LogP contribution in [-0.2, 0) is 6.54 Å². The van der Waals surface area contributed by atoms with Gasteiger partial charge < -0.3 is 16.5 Å². The van der Waals surface area contributed by atoms with Crippen LogP contribution in [0.25, 0.3) is 0 Å². The summed E-state index contributed by atoms with van der Waals surface area (Å²) >= 11 is 0. The number of nitrogens with two attached hydrogens (primary N) is 2. The van der Waals surface area contributed by atoms with E-state index >= 15 is 0 Å². The van der Waals surface area contributed by atoms with Gasteiger partial charge in [0.05, 0.1) is 6.54 Å². The molecular weight excluding hydrogens is 226 g/mol. The molecule has 5 heteroatoms. The van der Waals surface area contributed by atoms with Crippen LogP contribution in [0, 0.1) is 0 Å². The summed E-state index contributed by atoms with van der Waals surface area (Å²) in [5, 5.41) is 2.18. The van der Waals surface area contributed by atoms with E-state index in [0.29, 0.717) is 0 Å². The molecule has 96 valence electrons. The van der Waals surface area contributed by atoms with Crippen LogP contribution in [0.1, 0.15) is 18.9 Å². The van der Waals surface area contributed by atoms with E-state index in [2.05, 4.69) is 16.9 Å². The van der Waals surface area contributed by atoms with Crippen LogP contribution < -0.4 is 16.5 Å². The lowest BCUT2D eigenvalue weighted by atomic mass is 10.1. The molecule has 0 fully saturated rings. The van der Waals surface area contributed by atoms with E-state index in [-0.39, 0.29) is 0 Å². The molecule has 0 aliphatic heterocycles. The molecule has 0 radical (unpaired) electrons. The SMILES string of the molecule is CCCN(Cc1cc(N)ccc1N)n1ccnc1. The van der Waals surface area contributed by atoms with E-state index in [9.17, 15) is 0 Å². The van der Waals surface area contributed by atoms with Crippen molar-refractivity contribution in [3.8, 4) is 0 Å². The maximum Gasteiger partial charge on any atom is 0.114 e. The third kappa shape index (κ3) is 2.74. The summed E-state index contributed by atoms with van der Waals surface area (Å²) in [6.45, 7) is 3.80. The second kappa shape index (κ2) is 5.44. The third-order valence-electron chi connectivity index (χ3n) is 2.82. The van der Waals surface area contributed by atoms with Crippen molar-refractivity contribution in [3.63, 3.8) is 0 Å². The minimum absolute atomic E-state index is 0.723. The van der Waals surface area contributed by atoms with Gasteiger partial charge in [-0.25, -0.2) is 4.98 Å². The fourth-order valence-electron chi connectivity index (χ4n) is 1.91. The number of nitrogens with zero attached hydrogens (tertiary/aromatic N) is 3. The first kappa shape index (κ1) is 12.3. The fraction of sp³-hybridized carbons (Fsp3) is 0.308. The molecule has 0 saturated carbocycles. The summed E-state index contributed by atoms with van der Waals surface area (Å²) in [6, 6.07) is 5.60. The van der Waals surface area contributed by atoms with Gasteiger partial charge in [0.2, 0.25) is 0 Å².